The molecule has 3 heterocycles. The average Bonchev–Trinajstić information content (AvgIpc) is 3.52. The van der Waals surface area contributed by atoms with Crippen molar-refractivity contribution in [2.24, 2.45) is 0 Å². The van der Waals surface area contributed by atoms with Crippen molar-refractivity contribution in [3.8, 4) is 12.3 Å². The van der Waals surface area contributed by atoms with Gasteiger partial charge in [0.2, 0.25) is 11.1 Å². The first kappa shape index (κ1) is 30.2. The number of rotatable bonds is 11. The first-order valence-corrected chi connectivity index (χ1v) is 16.2. The number of nitrogens with zero attached hydrogens (tertiary/aromatic N) is 5. The van der Waals surface area contributed by atoms with Crippen molar-refractivity contribution in [3.05, 3.63) is 119 Å². The van der Waals surface area contributed by atoms with Gasteiger partial charge < -0.3 is 10.1 Å². The van der Waals surface area contributed by atoms with Crippen LogP contribution in [0.5, 0.6) is 0 Å². The molecule has 0 aliphatic carbocycles. The third-order valence-corrected chi connectivity index (χ3v) is 9.69. The van der Waals surface area contributed by atoms with Gasteiger partial charge in [-0.25, -0.2) is 9.48 Å². The van der Waals surface area contributed by atoms with Gasteiger partial charge in [0.25, 0.3) is 5.91 Å². The van der Waals surface area contributed by atoms with Crippen LogP contribution in [0.1, 0.15) is 22.8 Å². The van der Waals surface area contributed by atoms with E-state index in [2.05, 4.69) is 26.8 Å². The third kappa shape index (κ3) is 6.64. The highest BCUT2D eigenvalue weighted by Crippen LogP contribution is 2.42. The van der Waals surface area contributed by atoms with Crippen molar-refractivity contribution in [3.63, 3.8) is 0 Å². The number of fused-ring (bicyclic) bond motifs is 1. The predicted molar refractivity (Wildman–Crippen MR) is 170 cm³/mol. The van der Waals surface area contributed by atoms with Crippen molar-refractivity contribution in [2.75, 3.05) is 11.5 Å². The summed E-state index contributed by atoms with van der Waals surface area (Å²) >= 11 is 2.81. The van der Waals surface area contributed by atoms with Gasteiger partial charge in [-0.2, -0.15) is 0 Å². The fraction of sp³-hybridized carbons (Fsp3) is 0.212. The maximum absolute atomic E-state index is 14.1. The lowest BCUT2D eigenvalue weighted by Gasteiger charge is -2.49. The number of aromatic nitrogens is 4. The summed E-state index contributed by atoms with van der Waals surface area (Å²) < 4.78 is 7.72. The van der Waals surface area contributed by atoms with Crippen LogP contribution in [-0.4, -0.2) is 65.8 Å². The van der Waals surface area contributed by atoms with Gasteiger partial charge in [0, 0.05) is 11.5 Å². The Morgan fingerprint density at radius 2 is 1.67 bits per heavy atom. The number of amides is 2. The molecule has 0 bridgehead atoms. The van der Waals surface area contributed by atoms with E-state index in [1.807, 2.05) is 91.0 Å². The van der Waals surface area contributed by atoms with Gasteiger partial charge in [-0.05, 0) is 32.7 Å². The van der Waals surface area contributed by atoms with Gasteiger partial charge in [-0.1, -0.05) is 109 Å². The number of ether oxygens (including phenoxy) is 1. The van der Waals surface area contributed by atoms with Crippen LogP contribution in [0, 0.1) is 12.3 Å². The first-order chi connectivity index (χ1) is 22.0. The molecule has 45 heavy (non-hydrogen) atoms. The van der Waals surface area contributed by atoms with E-state index in [9.17, 15) is 14.4 Å². The highest BCUT2D eigenvalue weighted by molar-refractivity contribution is 8.01. The zero-order valence-corrected chi connectivity index (χ0v) is 25.6. The molecule has 1 aromatic heterocycles. The molecule has 0 saturated carbocycles. The van der Waals surface area contributed by atoms with E-state index in [0.29, 0.717) is 22.2 Å². The minimum Gasteiger partial charge on any atom is -0.448 e. The van der Waals surface area contributed by atoms with Crippen LogP contribution < -0.4 is 5.32 Å². The Labute approximate surface area is 268 Å². The molecule has 2 aliphatic heterocycles. The molecule has 1 unspecified atom stereocenters. The second-order valence-corrected chi connectivity index (χ2v) is 12.3. The highest BCUT2D eigenvalue weighted by Gasteiger charge is 2.54. The Bertz CT molecular complexity index is 1720. The van der Waals surface area contributed by atoms with Crippen LogP contribution >= 0.6 is 23.5 Å². The molecule has 0 spiro atoms. The SMILES string of the molecule is C#CCn1nnnc1SCC1=C(C(=O)OC(c2ccccc2)c2ccccc2)N2C(=O)C(NC(=O)Cc3ccccc3)[C@H]2SC1. The van der Waals surface area contributed by atoms with E-state index in [1.165, 1.54) is 33.1 Å². The molecular formula is C33H28N6O4S2. The van der Waals surface area contributed by atoms with Gasteiger partial charge in [-0.15, -0.1) is 23.3 Å². The molecule has 6 rings (SSSR count). The topological polar surface area (TPSA) is 119 Å². The number of hydrogen-bond donors (Lipinski definition) is 1. The molecule has 1 fully saturated rings. The zero-order valence-electron chi connectivity index (χ0n) is 24.0. The fourth-order valence-electron chi connectivity index (χ4n) is 5.17. The number of esters is 1. The summed E-state index contributed by atoms with van der Waals surface area (Å²) in [5.74, 6) is 2.03. The summed E-state index contributed by atoms with van der Waals surface area (Å²) in [6, 6.07) is 27.5. The number of hydrogen-bond acceptors (Lipinski definition) is 9. The number of carbonyl (C=O) groups excluding carboxylic acids is 3. The summed E-state index contributed by atoms with van der Waals surface area (Å²) in [6.45, 7) is 0.199. The largest absolute Gasteiger partial charge is 0.448 e. The number of carbonyl (C=O) groups is 3. The van der Waals surface area contributed by atoms with E-state index < -0.39 is 23.5 Å². The molecular weight excluding hydrogens is 609 g/mol. The Balaban J connectivity index is 1.27. The quantitative estimate of drug-likeness (QED) is 0.114. The summed E-state index contributed by atoms with van der Waals surface area (Å²) in [7, 11) is 0. The lowest BCUT2D eigenvalue weighted by atomic mass is 10.0. The number of tetrazole rings is 1. The van der Waals surface area contributed by atoms with Crippen LogP contribution in [-0.2, 0) is 32.1 Å². The van der Waals surface area contributed by atoms with E-state index in [1.54, 1.807) is 0 Å². The molecule has 2 atom stereocenters. The van der Waals surface area contributed by atoms with E-state index in [-0.39, 0.29) is 30.5 Å². The Hall–Kier alpha value is -4.86. The minimum atomic E-state index is -0.759. The number of terminal acetylenes is 1. The third-order valence-electron chi connectivity index (χ3n) is 7.31. The number of nitrogens with one attached hydrogen (secondary N) is 1. The van der Waals surface area contributed by atoms with E-state index >= 15 is 0 Å². The molecule has 226 valence electrons. The van der Waals surface area contributed by atoms with E-state index in [4.69, 9.17) is 11.2 Å². The number of β-lactam (4-membered cyclic amide) rings is 1. The standard InChI is InChI=1S/C33H28N6O4S2/c1-2-18-38-33(35-36-37-38)45-21-25-20-44-31-27(34-26(40)19-22-12-6-3-7-13-22)30(41)39(31)28(25)32(42)43-29(23-14-8-4-9-15-23)24-16-10-5-11-17-24/h1,3-17,27,29,31H,18-21H2,(H,34,40)/t27?,31-/m1/s1. The average molecular weight is 637 g/mol. The van der Waals surface area contributed by atoms with Crippen molar-refractivity contribution < 1.29 is 19.1 Å². The van der Waals surface area contributed by atoms with Crippen molar-refractivity contribution in [2.45, 2.75) is 35.6 Å². The van der Waals surface area contributed by atoms with Crippen molar-refractivity contribution in [1.82, 2.24) is 30.4 Å². The smallest absolute Gasteiger partial charge is 0.356 e. The maximum atomic E-state index is 14.1. The zero-order chi connectivity index (χ0) is 31.2. The monoisotopic (exact) mass is 636 g/mol. The van der Waals surface area contributed by atoms with Gasteiger partial charge in [0.1, 0.15) is 23.7 Å². The lowest BCUT2D eigenvalue weighted by molar-refractivity contribution is -0.154. The molecule has 3 aromatic carbocycles. The summed E-state index contributed by atoms with van der Waals surface area (Å²) in [5.41, 5.74) is 3.31. The van der Waals surface area contributed by atoms with Gasteiger partial charge in [0.15, 0.2) is 6.10 Å². The normalized spacial score (nSPS) is 17.3. The fourth-order valence-corrected chi connectivity index (χ4v) is 7.53. The lowest BCUT2D eigenvalue weighted by Crippen LogP contribution is -2.70. The molecule has 4 aromatic rings. The highest BCUT2D eigenvalue weighted by atomic mass is 32.2. The van der Waals surface area contributed by atoms with Crippen LogP contribution in [0.15, 0.2) is 107 Å². The van der Waals surface area contributed by atoms with Crippen LogP contribution in [0.4, 0.5) is 0 Å². The van der Waals surface area contributed by atoms with Crippen LogP contribution in [0.3, 0.4) is 0 Å². The molecule has 1 saturated heterocycles. The summed E-state index contributed by atoms with van der Waals surface area (Å²) in [4.78, 5) is 42.1. The Morgan fingerprint density at radius 1 is 1.02 bits per heavy atom. The van der Waals surface area contributed by atoms with Gasteiger partial charge in [0.05, 0.1) is 6.42 Å². The molecule has 1 N–H and O–H groups in total. The molecule has 12 heteroatoms. The second-order valence-electron chi connectivity index (χ2n) is 10.3. The molecule has 10 nitrogen and oxygen atoms in total. The number of thioether (sulfide) groups is 2. The van der Waals surface area contributed by atoms with Crippen LogP contribution in [0.2, 0.25) is 0 Å². The molecule has 0 radical (unpaired) electrons. The second kappa shape index (κ2) is 13.8. The van der Waals surface area contributed by atoms with Crippen LogP contribution in [0.25, 0.3) is 0 Å². The first-order valence-electron chi connectivity index (χ1n) is 14.2. The van der Waals surface area contributed by atoms with Crippen molar-refractivity contribution >= 4 is 41.3 Å². The molecule has 2 amide bonds. The van der Waals surface area contributed by atoms with E-state index in [0.717, 1.165) is 16.7 Å². The number of benzene rings is 3. The van der Waals surface area contributed by atoms with Crippen molar-refractivity contribution in [1.29, 1.82) is 0 Å². The van der Waals surface area contributed by atoms with Gasteiger partial charge >= 0.3 is 5.97 Å². The Morgan fingerprint density at radius 3 is 2.31 bits per heavy atom. The predicted octanol–water partition coefficient (Wildman–Crippen LogP) is 3.63. The molecule has 2 aliphatic rings. The minimum absolute atomic E-state index is 0.150. The van der Waals surface area contributed by atoms with Gasteiger partial charge in [-0.3, -0.25) is 14.5 Å². The summed E-state index contributed by atoms with van der Waals surface area (Å²) in [5, 5.41) is 14.6. The summed E-state index contributed by atoms with van der Waals surface area (Å²) in [6.07, 6.45) is 4.91. The maximum Gasteiger partial charge on any atom is 0.356 e. The Kier molecular flexibility index (Phi) is 9.28.